The van der Waals surface area contributed by atoms with Crippen molar-refractivity contribution in [3.8, 4) is 0 Å². The average Bonchev–Trinajstić information content (AvgIpc) is 3.04. The van der Waals surface area contributed by atoms with Gasteiger partial charge >= 0.3 is 0 Å². The van der Waals surface area contributed by atoms with Crippen molar-refractivity contribution < 1.29 is 13.9 Å². The molecule has 0 saturated carbocycles. The van der Waals surface area contributed by atoms with Crippen LogP contribution in [0.5, 0.6) is 0 Å². The molecule has 5 nitrogen and oxygen atoms in total. The summed E-state index contributed by atoms with van der Waals surface area (Å²) >= 11 is 0. The monoisotopic (exact) mass is 350 g/mol. The Hall–Kier alpha value is -2.27. The SMILES string of the molecule is O=C1CCCC2=C1C1(CCCOC1)N=C(Cc1nc3ccccc3o1)C2. The van der Waals surface area contributed by atoms with Crippen LogP contribution in [-0.4, -0.2) is 35.2 Å². The van der Waals surface area contributed by atoms with Gasteiger partial charge in [0.05, 0.1) is 13.0 Å². The van der Waals surface area contributed by atoms with Gasteiger partial charge in [-0.3, -0.25) is 9.79 Å². The van der Waals surface area contributed by atoms with Crippen molar-refractivity contribution in [1.82, 2.24) is 4.98 Å². The second-order valence-electron chi connectivity index (χ2n) is 7.55. The van der Waals surface area contributed by atoms with Gasteiger partial charge in [-0.2, -0.15) is 0 Å². The highest BCUT2D eigenvalue weighted by Gasteiger charge is 2.44. The van der Waals surface area contributed by atoms with Gasteiger partial charge in [0.15, 0.2) is 11.4 Å². The Morgan fingerprint density at radius 2 is 2.08 bits per heavy atom. The predicted octanol–water partition coefficient (Wildman–Crippen LogP) is 3.81. The number of fused-ring (bicyclic) bond motifs is 2. The molecule has 134 valence electrons. The first-order valence-corrected chi connectivity index (χ1v) is 9.49. The Bertz CT molecular complexity index is 899. The van der Waals surface area contributed by atoms with Crippen LogP contribution < -0.4 is 0 Å². The van der Waals surface area contributed by atoms with Gasteiger partial charge in [-0.25, -0.2) is 4.98 Å². The van der Waals surface area contributed by atoms with Crippen LogP contribution in [0.4, 0.5) is 0 Å². The van der Waals surface area contributed by atoms with Gasteiger partial charge in [-0.05, 0) is 37.8 Å². The minimum Gasteiger partial charge on any atom is -0.440 e. The molecule has 1 spiro atoms. The lowest BCUT2D eigenvalue weighted by molar-refractivity contribution is -0.117. The van der Waals surface area contributed by atoms with E-state index in [1.165, 1.54) is 5.57 Å². The van der Waals surface area contributed by atoms with Gasteiger partial charge in [-0.1, -0.05) is 17.7 Å². The molecule has 2 aromatic rings. The van der Waals surface area contributed by atoms with E-state index in [0.717, 1.165) is 61.1 Å². The molecule has 1 aromatic carbocycles. The maximum absolute atomic E-state index is 12.7. The molecule has 1 aliphatic carbocycles. The minimum absolute atomic E-state index is 0.279. The number of oxazole rings is 1. The standard InChI is InChI=1S/C21H22N2O3/c24-17-7-3-5-14-11-15(23-21(20(14)17)9-4-10-25-13-21)12-19-22-16-6-1-2-8-18(16)26-19/h1-2,6,8H,3-5,7,9-13H2. The Kier molecular flexibility index (Phi) is 3.78. The van der Waals surface area contributed by atoms with Crippen molar-refractivity contribution in [2.75, 3.05) is 13.2 Å². The molecular weight excluding hydrogens is 328 g/mol. The van der Waals surface area contributed by atoms with E-state index >= 15 is 0 Å². The molecule has 0 N–H and O–H groups in total. The first-order chi connectivity index (χ1) is 12.7. The van der Waals surface area contributed by atoms with E-state index in [1.807, 2.05) is 24.3 Å². The van der Waals surface area contributed by atoms with E-state index in [-0.39, 0.29) is 5.78 Å². The molecule has 2 aliphatic heterocycles. The van der Waals surface area contributed by atoms with Crippen LogP contribution in [0.25, 0.3) is 11.1 Å². The van der Waals surface area contributed by atoms with Crippen LogP contribution in [-0.2, 0) is 16.0 Å². The molecule has 1 fully saturated rings. The van der Waals surface area contributed by atoms with Gasteiger partial charge < -0.3 is 9.15 Å². The largest absolute Gasteiger partial charge is 0.440 e. The Morgan fingerprint density at radius 3 is 2.92 bits per heavy atom. The van der Waals surface area contributed by atoms with Crippen molar-refractivity contribution in [3.05, 3.63) is 41.3 Å². The molecule has 1 atom stereocenters. The number of hydrogen-bond donors (Lipinski definition) is 0. The fraction of sp³-hybridized carbons (Fsp3) is 0.476. The number of aromatic nitrogens is 1. The molecule has 3 heterocycles. The van der Waals surface area contributed by atoms with Gasteiger partial charge in [0, 0.05) is 30.7 Å². The molecule has 1 aromatic heterocycles. The van der Waals surface area contributed by atoms with Crippen LogP contribution in [0.15, 0.2) is 44.8 Å². The maximum Gasteiger partial charge on any atom is 0.201 e. The first kappa shape index (κ1) is 15.9. The Labute approximate surface area is 152 Å². The predicted molar refractivity (Wildman–Crippen MR) is 98.4 cm³/mol. The molecule has 5 rings (SSSR count). The number of hydrogen-bond acceptors (Lipinski definition) is 5. The Balaban J connectivity index is 1.51. The van der Waals surface area contributed by atoms with E-state index in [2.05, 4.69) is 4.98 Å². The number of carbonyl (C=O) groups is 1. The highest BCUT2D eigenvalue weighted by Crippen LogP contribution is 2.42. The van der Waals surface area contributed by atoms with Crippen molar-refractivity contribution in [2.45, 2.75) is 50.5 Å². The van der Waals surface area contributed by atoms with Crippen LogP contribution >= 0.6 is 0 Å². The van der Waals surface area contributed by atoms with E-state index in [4.69, 9.17) is 14.1 Å². The molecular formula is C21H22N2O3. The second kappa shape index (κ2) is 6.16. The second-order valence-corrected chi connectivity index (χ2v) is 7.55. The number of benzene rings is 1. The zero-order valence-electron chi connectivity index (χ0n) is 14.8. The molecule has 1 saturated heterocycles. The summed E-state index contributed by atoms with van der Waals surface area (Å²) in [4.78, 5) is 22.4. The summed E-state index contributed by atoms with van der Waals surface area (Å²) in [6.07, 6.45) is 5.80. The first-order valence-electron chi connectivity index (χ1n) is 9.49. The normalized spacial score (nSPS) is 26.3. The maximum atomic E-state index is 12.7. The molecule has 26 heavy (non-hydrogen) atoms. The molecule has 3 aliphatic rings. The van der Waals surface area contributed by atoms with Gasteiger partial charge in [0.25, 0.3) is 0 Å². The molecule has 0 amide bonds. The smallest absolute Gasteiger partial charge is 0.201 e. The number of para-hydroxylation sites is 2. The lowest BCUT2D eigenvalue weighted by Crippen LogP contribution is -2.46. The van der Waals surface area contributed by atoms with Crippen LogP contribution in [0.1, 0.15) is 44.4 Å². The number of ketones is 1. The highest BCUT2D eigenvalue weighted by molar-refractivity contribution is 6.03. The van der Waals surface area contributed by atoms with E-state index in [0.29, 0.717) is 25.3 Å². The van der Waals surface area contributed by atoms with Crippen LogP contribution in [0.2, 0.25) is 0 Å². The lowest BCUT2D eigenvalue weighted by Gasteiger charge is -2.41. The third-order valence-electron chi connectivity index (χ3n) is 5.68. The number of Topliss-reactive ketones (excluding diaryl/α,β-unsaturated/α-hetero) is 1. The summed E-state index contributed by atoms with van der Waals surface area (Å²) in [5.74, 6) is 0.976. The quantitative estimate of drug-likeness (QED) is 0.826. The number of ether oxygens (including phenoxy) is 1. The molecule has 0 radical (unpaired) electrons. The average molecular weight is 350 g/mol. The summed E-state index contributed by atoms with van der Waals surface area (Å²) in [6.45, 7) is 1.28. The summed E-state index contributed by atoms with van der Waals surface area (Å²) in [6, 6.07) is 7.81. The van der Waals surface area contributed by atoms with Crippen molar-refractivity contribution in [1.29, 1.82) is 0 Å². The number of nitrogens with zero attached hydrogens (tertiary/aromatic N) is 2. The van der Waals surface area contributed by atoms with Crippen molar-refractivity contribution in [3.63, 3.8) is 0 Å². The lowest BCUT2D eigenvalue weighted by atomic mass is 9.72. The number of aliphatic imine (C=N–C) groups is 1. The molecule has 5 heteroatoms. The zero-order chi connectivity index (χ0) is 17.6. The molecule has 0 bridgehead atoms. The molecule has 1 unspecified atom stereocenters. The van der Waals surface area contributed by atoms with Crippen LogP contribution in [0.3, 0.4) is 0 Å². The number of dihydropyridines is 1. The fourth-order valence-corrected chi connectivity index (χ4v) is 4.66. The third-order valence-corrected chi connectivity index (χ3v) is 5.68. The number of carbonyl (C=O) groups excluding carboxylic acids is 1. The number of rotatable bonds is 2. The summed E-state index contributed by atoms with van der Waals surface area (Å²) in [5.41, 5.74) is 4.52. The van der Waals surface area contributed by atoms with Gasteiger partial charge in [-0.15, -0.1) is 0 Å². The highest BCUT2D eigenvalue weighted by atomic mass is 16.5. The van der Waals surface area contributed by atoms with Crippen LogP contribution in [0, 0.1) is 0 Å². The van der Waals surface area contributed by atoms with Gasteiger partial charge in [0.2, 0.25) is 5.89 Å². The van der Waals surface area contributed by atoms with Gasteiger partial charge in [0.1, 0.15) is 11.1 Å². The van der Waals surface area contributed by atoms with Crippen molar-refractivity contribution >= 4 is 22.6 Å². The fourth-order valence-electron chi connectivity index (χ4n) is 4.66. The summed E-state index contributed by atoms with van der Waals surface area (Å²) in [5, 5.41) is 0. The zero-order valence-corrected chi connectivity index (χ0v) is 14.8. The Morgan fingerprint density at radius 1 is 1.15 bits per heavy atom. The van der Waals surface area contributed by atoms with Crippen molar-refractivity contribution in [2.24, 2.45) is 4.99 Å². The number of allylic oxidation sites excluding steroid dienone is 1. The summed E-state index contributed by atoms with van der Waals surface area (Å²) in [7, 11) is 0. The van der Waals surface area contributed by atoms with E-state index in [9.17, 15) is 4.79 Å². The minimum atomic E-state index is -0.468. The van der Waals surface area contributed by atoms with E-state index < -0.39 is 5.54 Å². The summed E-state index contributed by atoms with van der Waals surface area (Å²) < 4.78 is 11.7. The third kappa shape index (κ3) is 2.62. The topological polar surface area (TPSA) is 64.7 Å². The van der Waals surface area contributed by atoms with E-state index in [1.54, 1.807) is 0 Å².